The predicted molar refractivity (Wildman–Crippen MR) is 131 cm³/mol. The fourth-order valence-corrected chi connectivity index (χ4v) is 4.12. The van der Waals surface area contributed by atoms with Crippen molar-refractivity contribution >= 4 is 23.5 Å². The van der Waals surface area contributed by atoms with E-state index in [1.807, 2.05) is 6.92 Å². The largest absolute Gasteiger partial charge is 0.485 e. The Labute approximate surface area is 213 Å². The molecular formula is C24H19ClF2N8O2. The Bertz CT molecular complexity index is 1600. The maximum atomic E-state index is 13.9. The van der Waals surface area contributed by atoms with E-state index >= 15 is 0 Å². The van der Waals surface area contributed by atoms with E-state index in [1.165, 1.54) is 10.9 Å². The standard InChI is InChI=1S/C24H19ClF2N8O2/c1-12-8-29-17(16-3-4-28-22(33-16)23-31-11-32-34-23)7-19(12)35-13(2)5-20(21(25)24(35)36)37-10-18-15(27)6-14(26)9-30-18/h3-6,8-9,11,17H,7,10H2,1-2H3,(H,31,32,34)/t17-/m1/s1. The molecule has 0 saturated carbocycles. The van der Waals surface area contributed by atoms with Crippen molar-refractivity contribution in [3.63, 3.8) is 0 Å². The topological polar surface area (TPSA) is 124 Å². The molecule has 13 heteroatoms. The van der Waals surface area contributed by atoms with Gasteiger partial charge >= 0.3 is 0 Å². The van der Waals surface area contributed by atoms with Crippen LogP contribution in [0.1, 0.15) is 36.5 Å². The van der Waals surface area contributed by atoms with Crippen LogP contribution in [0.5, 0.6) is 5.75 Å². The van der Waals surface area contributed by atoms with Gasteiger partial charge < -0.3 is 4.74 Å². The molecule has 0 unspecified atom stereocenters. The van der Waals surface area contributed by atoms with Crippen LogP contribution in [0, 0.1) is 18.6 Å². The molecule has 0 radical (unpaired) electrons. The van der Waals surface area contributed by atoms with E-state index in [1.54, 1.807) is 31.5 Å². The highest BCUT2D eigenvalue weighted by Crippen LogP contribution is 2.33. The van der Waals surface area contributed by atoms with Crippen LogP contribution < -0.4 is 10.3 Å². The fraction of sp³-hybridized carbons (Fsp3) is 0.208. The molecule has 0 bridgehead atoms. The summed E-state index contributed by atoms with van der Waals surface area (Å²) in [6.07, 6.45) is 5.92. The Morgan fingerprint density at radius 1 is 1.22 bits per heavy atom. The summed E-state index contributed by atoms with van der Waals surface area (Å²) < 4.78 is 34.1. The van der Waals surface area contributed by atoms with E-state index in [0.717, 1.165) is 11.8 Å². The van der Waals surface area contributed by atoms with Gasteiger partial charge in [0, 0.05) is 42.4 Å². The Morgan fingerprint density at radius 3 is 2.81 bits per heavy atom. The quantitative estimate of drug-likeness (QED) is 0.403. The lowest BCUT2D eigenvalue weighted by molar-refractivity contribution is 0.292. The summed E-state index contributed by atoms with van der Waals surface area (Å²) in [5, 5.41) is 6.38. The molecule has 1 aliphatic rings. The van der Waals surface area contributed by atoms with E-state index in [9.17, 15) is 13.6 Å². The molecular weight excluding hydrogens is 506 g/mol. The first-order valence-corrected chi connectivity index (χ1v) is 11.5. The number of halogens is 3. The third-order valence-corrected chi connectivity index (χ3v) is 6.10. The van der Waals surface area contributed by atoms with E-state index in [2.05, 4.69) is 35.1 Å². The number of aliphatic imine (C=N–C) groups is 1. The first-order valence-electron chi connectivity index (χ1n) is 11.1. The summed E-state index contributed by atoms with van der Waals surface area (Å²) in [7, 11) is 0. The van der Waals surface area contributed by atoms with Crippen LogP contribution in [0.25, 0.3) is 17.3 Å². The monoisotopic (exact) mass is 524 g/mol. The summed E-state index contributed by atoms with van der Waals surface area (Å²) >= 11 is 6.37. The lowest BCUT2D eigenvalue weighted by Crippen LogP contribution is -2.26. The van der Waals surface area contributed by atoms with E-state index in [0.29, 0.717) is 41.2 Å². The molecule has 4 aromatic rings. The van der Waals surface area contributed by atoms with Crippen molar-refractivity contribution in [2.75, 3.05) is 0 Å². The number of aromatic nitrogens is 7. The minimum atomic E-state index is -0.856. The number of nitrogens with zero attached hydrogens (tertiary/aromatic N) is 7. The van der Waals surface area contributed by atoms with Gasteiger partial charge in [-0.15, -0.1) is 0 Å². The molecule has 0 saturated heterocycles. The molecule has 0 aromatic carbocycles. The number of allylic oxidation sites excluding steroid dienone is 1. The molecule has 0 spiro atoms. The summed E-state index contributed by atoms with van der Waals surface area (Å²) in [6.45, 7) is 3.25. The van der Waals surface area contributed by atoms with Crippen LogP contribution in [0.15, 0.2) is 52.3 Å². The Kier molecular flexibility index (Phi) is 6.57. The average Bonchev–Trinajstić information content (AvgIpc) is 3.43. The molecule has 1 atom stereocenters. The lowest BCUT2D eigenvalue weighted by Gasteiger charge is -2.24. The second kappa shape index (κ2) is 9.97. The smallest absolute Gasteiger partial charge is 0.277 e. The van der Waals surface area contributed by atoms with Gasteiger partial charge in [0.2, 0.25) is 0 Å². The van der Waals surface area contributed by atoms with Crippen LogP contribution in [0.2, 0.25) is 5.02 Å². The molecule has 0 amide bonds. The van der Waals surface area contributed by atoms with Gasteiger partial charge in [-0.2, -0.15) is 5.10 Å². The molecule has 0 fully saturated rings. The molecule has 10 nitrogen and oxygen atoms in total. The van der Waals surface area contributed by atoms with Crippen molar-refractivity contribution in [2.45, 2.75) is 32.9 Å². The number of hydrogen-bond donors (Lipinski definition) is 1. The number of ether oxygens (including phenoxy) is 1. The Morgan fingerprint density at radius 2 is 2.05 bits per heavy atom. The average molecular weight is 525 g/mol. The van der Waals surface area contributed by atoms with Gasteiger partial charge in [0.05, 0.1) is 17.9 Å². The number of dihydropyridines is 1. The minimum absolute atomic E-state index is 0.0673. The summed E-state index contributed by atoms with van der Waals surface area (Å²) in [5.41, 5.74) is 2.06. The van der Waals surface area contributed by atoms with Crippen LogP contribution in [-0.4, -0.2) is 40.9 Å². The lowest BCUT2D eigenvalue weighted by atomic mass is 10.0. The van der Waals surface area contributed by atoms with E-state index in [-0.39, 0.29) is 29.1 Å². The van der Waals surface area contributed by atoms with Crippen LogP contribution >= 0.6 is 11.6 Å². The van der Waals surface area contributed by atoms with Crippen molar-refractivity contribution in [3.8, 4) is 17.4 Å². The Balaban J connectivity index is 1.42. The second-order valence-corrected chi connectivity index (χ2v) is 8.62. The van der Waals surface area contributed by atoms with Crippen molar-refractivity contribution in [1.29, 1.82) is 0 Å². The first kappa shape index (κ1) is 24.4. The summed E-state index contributed by atoms with van der Waals surface area (Å²) in [6, 6.07) is 3.66. The van der Waals surface area contributed by atoms with Crippen LogP contribution in [0.3, 0.4) is 0 Å². The molecule has 188 valence electrons. The number of rotatable bonds is 6. The van der Waals surface area contributed by atoms with Gasteiger partial charge in [0.15, 0.2) is 17.5 Å². The predicted octanol–water partition coefficient (Wildman–Crippen LogP) is 4.08. The van der Waals surface area contributed by atoms with Crippen molar-refractivity contribution in [1.82, 2.24) is 34.7 Å². The number of hydrogen-bond acceptors (Lipinski definition) is 8. The van der Waals surface area contributed by atoms with E-state index in [4.69, 9.17) is 16.3 Å². The van der Waals surface area contributed by atoms with Gasteiger partial charge in [-0.05, 0) is 25.5 Å². The van der Waals surface area contributed by atoms with Gasteiger partial charge in [0.25, 0.3) is 5.56 Å². The highest BCUT2D eigenvalue weighted by molar-refractivity contribution is 6.31. The molecule has 0 aliphatic carbocycles. The number of aromatic amines is 1. The van der Waals surface area contributed by atoms with Crippen LogP contribution in [-0.2, 0) is 6.61 Å². The van der Waals surface area contributed by atoms with E-state index < -0.39 is 17.2 Å². The zero-order chi connectivity index (χ0) is 26.1. The Hall–Kier alpha value is -4.32. The summed E-state index contributed by atoms with van der Waals surface area (Å²) in [4.78, 5) is 34.5. The van der Waals surface area contributed by atoms with Gasteiger partial charge in [-0.1, -0.05) is 11.6 Å². The highest BCUT2D eigenvalue weighted by atomic mass is 35.5. The molecule has 37 heavy (non-hydrogen) atoms. The normalized spacial score (nSPS) is 15.3. The van der Waals surface area contributed by atoms with Crippen molar-refractivity contribution < 1.29 is 13.5 Å². The molecule has 1 N–H and O–H groups in total. The van der Waals surface area contributed by atoms with Gasteiger partial charge in [0.1, 0.15) is 35.2 Å². The first-order chi connectivity index (χ1) is 17.8. The summed E-state index contributed by atoms with van der Waals surface area (Å²) in [5.74, 6) is -0.781. The fourth-order valence-electron chi connectivity index (χ4n) is 3.92. The maximum Gasteiger partial charge on any atom is 0.277 e. The van der Waals surface area contributed by atoms with Gasteiger partial charge in [-0.25, -0.2) is 23.7 Å². The number of nitrogens with one attached hydrogen (secondary N) is 1. The maximum absolute atomic E-state index is 13.9. The molecule has 5 rings (SSSR count). The number of aryl methyl sites for hydroxylation is 1. The zero-order valence-corrected chi connectivity index (χ0v) is 20.4. The van der Waals surface area contributed by atoms with Gasteiger partial charge in [-0.3, -0.25) is 24.4 Å². The minimum Gasteiger partial charge on any atom is -0.485 e. The third kappa shape index (κ3) is 4.87. The SMILES string of the molecule is CC1=C(n2c(C)cc(OCc3ncc(F)cc3F)c(Cl)c2=O)C[C@H](c2ccnc(-c3ncn[nH]3)n2)N=C1. The number of H-pyrrole nitrogens is 1. The molecule has 4 aromatic heterocycles. The molecule has 1 aliphatic heterocycles. The second-order valence-electron chi connectivity index (χ2n) is 8.24. The molecule has 5 heterocycles. The van der Waals surface area contributed by atoms with Crippen LogP contribution in [0.4, 0.5) is 8.78 Å². The van der Waals surface area contributed by atoms with Crippen molar-refractivity contribution in [3.05, 3.63) is 86.6 Å². The zero-order valence-electron chi connectivity index (χ0n) is 19.6. The van der Waals surface area contributed by atoms with Crippen molar-refractivity contribution in [2.24, 2.45) is 4.99 Å². The highest BCUT2D eigenvalue weighted by Gasteiger charge is 2.24. The third-order valence-electron chi connectivity index (χ3n) is 5.75. The number of pyridine rings is 2.